The summed E-state index contributed by atoms with van der Waals surface area (Å²) in [4.78, 5) is 0.853. The minimum absolute atomic E-state index is 0.510. The predicted molar refractivity (Wildman–Crippen MR) is 111 cm³/mol. The minimum Gasteiger partial charge on any atom is -0.397 e. The zero-order chi connectivity index (χ0) is 17.0. The third-order valence-corrected chi connectivity index (χ3v) is 6.96. The molecule has 0 amide bonds. The Morgan fingerprint density at radius 1 is 0.720 bits per heavy atom. The maximum atomic E-state index is 8.84. The number of rotatable bonds is 2. The maximum Gasteiger partial charge on any atom is 0.0820 e. The monoisotopic (exact) mass is 358 g/mol. The van der Waals surface area contributed by atoms with Gasteiger partial charge in [0.2, 0.25) is 0 Å². The van der Waals surface area contributed by atoms with Gasteiger partial charge in [-0.15, -0.1) is 22.7 Å². The average molecular weight is 358 g/mol. The van der Waals surface area contributed by atoms with Gasteiger partial charge < -0.3 is 5.73 Å². The van der Waals surface area contributed by atoms with E-state index in [0.717, 1.165) is 25.2 Å². The second-order valence-corrected chi connectivity index (χ2v) is 8.10. The molecule has 2 nitrogen and oxygen atoms in total. The molecule has 120 valence electrons. The fourth-order valence-corrected chi connectivity index (χ4v) is 5.63. The lowest BCUT2D eigenvalue weighted by molar-refractivity contribution is 1.51. The highest BCUT2D eigenvalue weighted by molar-refractivity contribution is 7.26. The van der Waals surface area contributed by atoms with Gasteiger partial charge in [-0.2, -0.15) is 0 Å². The number of nitrogens with two attached hydrogens (primary N) is 1. The molecule has 2 heterocycles. The van der Waals surface area contributed by atoms with Crippen molar-refractivity contribution in [1.29, 1.82) is 5.41 Å². The van der Waals surface area contributed by atoms with Crippen molar-refractivity contribution in [2.75, 3.05) is 5.73 Å². The number of nitrogens with one attached hydrogen (secondary N) is 1. The fraction of sp³-hybridized carbons (Fsp3) is 0. The smallest absolute Gasteiger partial charge is 0.0820 e. The van der Waals surface area contributed by atoms with E-state index in [4.69, 9.17) is 11.1 Å². The number of anilines is 1. The molecule has 0 fully saturated rings. The highest BCUT2D eigenvalue weighted by atomic mass is 32.1. The topological polar surface area (TPSA) is 49.9 Å². The van der Waals surface area contributed by atoms with Crippen LogP contribution in [0.5, 0.6) is 0 Å². The lowest BCUT2D eigenvalue weighted by Crippen LogP contribution is -2.02. The van der Waals surface area contributed by atoms with Crippen LogP contribution in [0.2, 0.25) is 0 Å². The summed E-state index contributed by atoms with van der Waals surface area (Å²) in [6.07, 6.45) is 0. The van der Waals surface area contributed by atoms with Crippen molar-refractivity contribution < 1.29 is 0 Å². The van der Waals surface area contributed by atoms with E-state index < -0.39 is 0 Å². The van der Waals surface area contributed by atoms with Crippen molar-refractivity contribution in [2.45, 2.75) is 0 Å². The van der Waals surface area contributed by atoms with E-state index in [0.29, 0.717) is 11.4 Å². The van der Waals surface area contributed by atoms with Crippen molar-refractivity contribution in [1.82, 2.24) is 0 Å². The van der Waals surface area contributed by atoms with E-state index in [2.05, 4.69) is 36.4 Å². The van der Waals surface area contributed by atoms with Crippen LogP contribution in [0.1, 0.15) is 10.4 Å². The fourth-order valence-electron chi connectivity index (χ4n) is 3.32. The minimum atomic E-state index is 0.510. The van der Waals surface area contributed by atoms with Crippen LogP contribution < -0.4 is 5.73 Å². The van der Waals surface area contributed by atoms with Crippen molar-refractivity contribution >= 4 is 64.3 Å². The van der Waals surface area contributed by atoms with E-state index in [1.54, 1.807) is 22.7 Å². The van der Waals surface area contributed by atoms with E-state index in [1.165, 1.54) is 15.5 Å². The second-order valence-electron chi connectivity index (χ2n) is 6.00. The predicted octanol–water partition coefficient (Wildman–Crippen LogP) is 6.27. The molecule has 0 bridgehead atoms. The van der Waals surface area contributed by atoms with Gasteiger partial charge in [-0.3, -0.25) is 5.41 Å². The van der Waals surface area contributed by atoms with Gasteiger partial charge in [0.05, 0.1) is 16.3 Å². The summed E-state index contributed by atoms with van der Waals surface area (Å²) in [6, 6.07) is 22.7. The molecule has 0 unspecified atom stereocenters. The molecule has 5 rings (SSSR count). The number of benzene rings is 3. The van der Waals surface area contributed by atoms with Gasteiger partial charge in [0.1, 0.15) is 0 Å². The third kappa shape index (κ3) is 2.11. The number of fused-ring (bicyclic) bond motifs is 4. The Bertz CT molecular complexity index is 1280. The SMILES string of the molecule is N=C(c1sc2ccccc2c1N)c1cccc2c1sc1ccccc12. The van der Waals surface area contributed by atoms with Crippen molar-refractivity contribution in [2.24, 2.45) is 0 Å². The van der Waals surface area contributed by atoms with Gasteiger partial charge in [0.25, 0.3) is 0 Å². The number of thiophene rings is 2. The van der Waals surface area contributed by atoms with Gasteiger partial charge in [-0.05, 0) is 12.1 Å². The molecule has 0 aliphatic carbocycles. The molecular weight excluding hydrogens is 344 g/mol. The van der Waals surface area contributed by atoms with Crippen LogP contribution in [-0.4, -0.2) is 5.71 Å². The van der Waals surface area contributed by atoms with Crippen molar-refractivity contribution in [3.8, 4) is 0 Å². The molecule has 0 spiro atoms. The third-order valence-electron chi connectivity index (χ3n) is 4.53. The Hall–Kier alpha value is -2.69. The molecule has 3 N–H and O–H groups in total. The zero-order valence-corrected chi connectivity index (χ0v) is 14.9. The molecule has 0 aliphatic rings. The first kappa shape index (κ1) is 14.6. The second kappa shape index (κ2) is 5.41. The molecule has 5 aromatic rings. The molecule has 3 aromatic carbocycles. The summed E-state index contributed by atoms with van der Waals surface area (Å²) >= 11 is 3.34. The summed E-state index contributed by atoms with van der Waals surface area (Å²) in [7, 11) is 0. The van der Waals surface area contributed by atoms with E-state index in [9.17, 15) is 0 Å². The van der Waals surface area contributed by atoms with Crippen LogP contribution in [0.4, 0.5) is 5.69 Å². The van der Waals surface area contributed by atoms with Crippen LogP contribution in [0.3, 0.4) is 0 Å². The first-order chi connectivity index (χ1) is 12.2. The molecule has 0 aliphatic heterocycles. The summed E-state index contributed by atoms with van der Waals surface area (Å²) in [5.74, 6) is 0. The Balaban J connectivity index is 1.77. The van der Waals surface area contributed by atoms with Gasteiger partial charge in [0, 0.05) is 35.8 Å². The highest BCUT2D eigenvalue weighted by Crippen LogP contribution is 2.39. The molecule has 0 radical (unpaired) electrons. The molecule has 25 heavy (non-hydrogen) atoms. The Kier molecular flexibility index (Phi) is 3.17. The van der Waals surface area contributed by atoms with Crippen molar-refractivity contribution in [3.63, 3.8) is 0 Å². The van der Waals surface area contributed by atoms with Crippen LogP contribution >= 0.6 is 22.7 Å². The molecular formula is C21H14N2S2. The standard InChI is InChI=1S/C21H14N2S2/c22-18-14-7-2-4-11-17(14)25-21(18)19(23)15-9-5-8-13-12-6-1-3-10-16(12)24-20(13)15/h1-11,23H,22H2. The number of nitrogen functional groups attached to an aromatic ring is 1. The number of hydrogen-bond acceptors (Lipinski definition) is 4. The first-order valence-electron chi connectivity index (χ1n) is 8.00. The Morgan fingerprint density at radius 2 is 1.36 bits per heavy atom. The quantitative estimate of drug-likeness (QED) is 0.359. The molecule has 0 atom stereocenters. The summed E-state index contributed by atoms with van der Waals surface area (Å²) < 4.78 is 3.54. The largest absolute Gasteiger partial charge is 0.397 e. The summed E-state index contributed by atoms with van der Waals surface area (Å²) in [5, 5.41) is 12.3. The van der Waals surface area contributed by atoms with Gasteiger partial charge in [-0.25, -0.2) is 0 Å². The van der Waals surface area contributed by atoms with E-state index >= 15 is 0 Å². The highest BCUT2D eigenvalue weighted by Gasteiger charge is 2.18. The van der Waals surface area contributed by atoms with Crippen LogP contribution in [0.25, 0.3) is 30.3 Å². The van der Waals surface area contributed by atoms with Crippen LogP contribution in [0, 0.1) is 5.41 Å². The molecule has 4 heteroatoms. The van der Waals surface area contributed by atoms with E-state index in [-0.39, 0.29) is 0 Å². The summed E-state index contributed by atoms with van der Waals surface area (Å²) in [6.45, 7) is 0. The van der Waals surface area contributed by atoms with Gasteiger partial charge >= 0.3 is 0 Å². The normalized spacial score (nSPS) is 11.5. The lowest BCUT2D eigenvalue weighted by Gasteiger charge is -2.05. The Morgan fingerprint density at radius 3 is 2.12 bits per heavy atom. The Labute approximate surface area is 152 Å². The van der Waals surface area contributed by atoms with Gasteiger partial charge in [0.15, 0.2) is 0 Å². The van der Waals surface area contributed by atoms with E-state index in [1.807, 2.05) is 30.3 Å². The van der Waals surface area contributed by atoms with Crippen LogP contribution in [-0.2, 0) is 0 Å². The number of hydrogen-bond donors (Lipinski definition) is 2. The lowest BCUT2D eigenvalue weighted by atomic mass is 10.0. The maximum absolute atomic E-state index is 8.84. The zero-order valence-electron chi connectivity index (χ0n) is 13.2. The molecule has 2 aromatic heterocycles. The summed E-state index contributed by atoms with van der Waals surface area (Å²) in [5.41, 5.74) is 8.55. The van der Waals surface area contributed by atoms with Gasteiger partial charge in [-0.1, -0.05) is 54.6 Å². The molecule has 0 saturated carbocycles. The molecule has 0 saturated heterocycles. The van der Waals surface area contributed by atoms with Crippen molar-refractivity contribution in [3.05, 3.63) is 77.2 Å². The average Bonchev–Trinajstić information content (AvgIpc) is 3.19. The first-order valence-corrected chi connectivity index (χ1v) is 9.64. The van der Waals surface area contributed by atoms with Crippen LogP contribution in [0.15, 0.2) is 66.7 Å².